The predicted octanol–water partition coefficient (Wildman–Crippen LogP) is 2.39. The van der Waals surface area contributed by atoms with Crippen LogP contribution in [0, 0.1) is 0 Å². The Bertz CT molecular complexity index is 479. The number of benzene rings is 1. The monoisotopic (exact) mass is 311 g/mol. The van der Waals surface area contributed by atoms with Crippen LogP contribution in [-0.2, 0) is 10.0 Å². The van der Waals surface area contributed by atoms with Gasteiger partial charge in [-0.1, -0.05) is 36.2 Å². The minimum absolute atomic E-state index is 0.0255. The van der Waals surface area contributed by atoms with Gasteiger partial charge in [-0.05, 0) is 18.6 Å². The van der Waals surface area contributed by atoms with Crippen LogP contribution >= 0.6 is 23.2 Å². The number of rotatable bonds is 6. The van der Waals surface area contributed by atoms with Crippen LogP contribution in [0.5, 0.6) is 0 Å². The van der Waals surface area contributed by atoms with Crippen LogP contribution in [0.2, 0.25) is 10.0 Å². The molecule has 0 fully saturated rings. The van der Waals surface area contributed by atoms with Crippen molar-refractivity contribution in [3.63, 3.8) is 0 Å². The Hall–Kier alpha value is -0.330. The first-order valence-electron chi connectivity index (χ1n) is 5.50. The first-order chi connectivity index (χ1) is 8.45. The fourth-order valence-electron chi connectivity index (χ4n) is 1.57. The molecule has 1 rings (SSSR count). The first-order valence-corrected chi connectivity index (χ1v) is 7.69. The van der Waals surface area contributed by atoms with E-state index in [1.165, 1.54) is 16.4 Å². The van der Waals surface area contributed by atoms with Gasteiger partial charge in [0.1, 0.15) is 4.90 Å². The zero-order chi connectivity index (χ0) is 13.8. The summed E-state index contributed by atoms with van der Waals surface area (Å²) in [6.45, 7) is 1.94. The highest BCUT2D eigenvalue weighted by Gasteiger charge is 2.28. The molecule has 0 radical (unpaired) electrons. The fourth-order valence-corrected chi connectivity index (χ4v) is 4.19. The van der Waals surface area contributed by atoms with Crippen molar-refractivity contribution in [2.24, 2.45) is 0 Å². The summed E-state index contributed by atoms with van der Waals surface area (Å²) in [6, 6.07) is 4.53. The van der Waals surface area contributed by atoms with E-state index >= 15 is 0 Å². The molecule has 7 heteroatoms. The molecule has 0 spiro atoms. The fraction of sp³-hybridized carbons (Fsp3) is 0.455. The molecular formula is C11H15Cl2NO3S. The summed E-state index contributed by atoms with van der Waals surface area (Å²) in [6.07, 6.45) is 0.640. The number of hydrogen-bond acceptors (Lipinski definition) is 3. The van der Waals surface area contributed by atoms with Crippen molar-refractivity contribution in [1.29, 1.82) is 0 Å². The Labute approximate surface area is 117 Å². The third kappa shape index (κ3) is 3.36. The van der Waals surface area contributed by atoms with Crippen molar-refractivity contribution in [2.75, 3.05) is 19.7 Å². The van der Waals surface area contributed by atoms with Gasteiger partial charge in [0.25, 0.3) is 0 Å². The lowest BCUT2D eigenvalue weighted by Crippen LogP contribution is -2.34. The average molecular weight is 312 g/mol. The Balaban J connectivity index is 3.26. The van der Waals surface area contributed by atoms with Gasteiger partial charge in [0.2, 0.25) is 10.0 Å². The topological polar surface area (TPSA) is 57.6 Å². The minimum Gasteiger partial charge on any atom is -0.395 e. The van der Waals surface area contributed by atoms with E-state index in [1.807, 2.05) is 6.92 Å². The van der Waals surface area contributed by atoms with E-state index in [0.29, 0.717) is 13.0 Å². The lowest BCUT2D eigenvalue weighted by atomic mass is 10.4. The number of halogens is 2. The molecule has 0 heterocycles. The molecule has 0 unspecified atom stereocenters. The van der Waals surface area contributed by atoms with E-state index in [-0.39, 0.29) is 28.1 Å². The summed E-state index contributed by atoms with van der Waals surface area (Å²) in [7, 11) is -3.78. The van der Waals surface area contributed by atoms with Crippen LogP contribution in [0.25, 0.3) is 0 Å². The van der Waals surface area contributed by atoms with Crippen LogP contribution in [-0.4, -0.2) is 37.5 Å². The van der Waals surface area contributed by atoms with Crippen LogP contribution in [0.1, 0.15) is 13.3 Å². The molecule has 0 saturated heterocycles. The van der Waals surface area contributed by atoms with Gasteiger partial charge in [-0.25, -0.2) is 8.42 Å². The van der Waals surface area contributed by atoms with Gasteiger partial charge in [0.05, 0.1) is 16.7 Å². The number of aliphatic hydroxyl groups excluding tert-OH is 1. The highest BCUT2D eigenvalue weighted by atomic mass is 35.5. The Morgan fingerprint density at radius 1 is 1.22 bits per heavy atom. The first kappa shape index (κ1) is 15.7. The summed E-state index contributed by atoms with van der Waals surface area (Å²) in [5.74, 6) is 0. The van der Waals surface area contributed by atoms with E-state index in [9.17, 15) is 8.42 Å². The van der Waals surface area contributed by atoms with Crippen LogP contribution in [0.15, 0.2) is 23.1 Å². The van der Waals surface area contributed by atoms with Crippen molar-refractivity contribution >= 4 is 33.2 Å². The number of hydrogen-bond donors (Lipinski definition) is 1. The van der Waals surface area contributed by atoms with Gasteiger partial charge < -0.3 is 5.11 Å². The zero-order valence-corrected chi connectivity index (χ0v) is 12.3. The van der Waals surface area contributed by atoms with Gasteiger partial charge in [-0.3, -0.25) is 0 Å². The molecule has 0 saturated carbocycles. The van der Waals surface area contributed by atoms with E-state index in [0.717, 1.165) is 0 Å². The van der Waals surface area contributed by atoms with Crippen molar-refractivity contribution in [1.82, 2.24) is 4.31 Å². The minimum atomic E-state index is -3.78. The molecule has 4 nitrogen and oxygen atoms in total. The Morgan fingerprint density at radius 2 is 1.78 bits per heavy atom. The zero-order valence-electron chi connectivity index (χ0n) is 9.94. The Morgan fingerprint density at radius 3 is 2.22 bits per heavy atom. The average Bonchev–Trinajstić information content (AvgIpc) is 2.28. The molecule has 0 aliphatic heterocycles. The van der Waals surface area contributed by atoms with Crippen LogP contribution < -0.4 is 0 Å². The molecular weight excluding hydrogens is 297 g/mol. The highest BCUT2D eigenvalue weighted by molar-refractivity contribution is 7.89. The maximum atomic E-state index is 12.4. The van der Waals surface area contributed by atoms with Crippen molar-refractivity contribution in [2.45, 2.75) is 18.2 Å². The lowest BCUT2D eigenvalue weighted by Gasteiger charge is -2.21. The van der Waals surface area contributed by atoms with Crippen molar-refractivity contribution < 1.29 is 13.5 Å². The summed E-state index contributed by atoms with van der Waals surface area (Å²) in [5, 5.41) is 9.11. The third-order valence-corrected chi connectivity index (χ3v) is 5.19. The third-order valence-electron chi connectivity index (χ3n) is 2.34. The second kappa shape index (κ2) is 6.73. The molecule has 1 aromatic carbocycles. The highest BCUT2D eigenvalue weighted by Crippen LogP contribution is 2.31. The standard InChI is InChI=1S/C11H15Cl2NO3S/c1-2-6-14(7-8-15)18(16,17)11-9(12)4-3-5-10(11)13/h3-5,15H,2,6-8H2,1H3. The maximum Gasteiger partial charge on any atom is 0.246 e. The van der Waals surface area contributed by atoms with Crippen molar-refractivity contribution in [3.05, 3.63) is 28.2 Å². The molecule has 0 atom stereocenters. The molecule has 0 amide bonds. The maximum absolute atomic E-state index is 12.4. The molecule has 0 aliphatic carbocycles. The van der Waals surface area contributed by atoms with Gasteiger partial charge in [0.15, 0.2) is 0 Å². The van der Waals surface area contributed by atoms with Gasteiger partial charge in [-0.2, -0.15) is 4.31 Å². The normalized spacial score (nSPS) is 12.1. The largest absolute Gasteiger partial charge is 0.395 e. The second-order valence-corrected chi connectivity index (χ2v) is 6.37. The molecule has 1 N–H and O–H groups in total. The quantitative estimate of drug-likeness (QED) is 0.877. The lowest BCUT2D eigenvalue weighted by molar-refractivity contribution is 0.253. The molecule has 0 bridgehead atoms. The smallest absolute Gasteiger partial charge is 0.246 e. The van der Waals surface area contributed by atoms with E-state index in [1.54, 1.807) is 6.07 Å². The second-order valence-electron chi connectivity index (χ2n) is 3.68. The SMILES string of the molecule is CCCN(CCO)S(=O)(=O)c1c(Cl)cccc1Cl. The number of aliphatic hydroxyl groups is 1. The number of sulfonamides is 1. The molecule has 0 aliphatic rings. The predicted molar refractivity (Wildman–Crippen MR) is 72.6 cm³/mol. The molecule has 18 heavy (non-hydrogen) atoms. The summed E-state index contributed by atoms with van der Waals surface area (Å²) in [5.41, 5.74) is 0. The van der Waals surface area contributed by atoms with Gasteiger partial charge in [-0.15, -0.1) is 0 Å². The molecule has 102 valence electrons. The number of nitrogens with zero attached hydrogens (tertiary/aromatic N) is 1. The summed E-state index contributed by atoms with van der Waals surface area (Å²) in [4.78, 5) is -0.102. The van der Waals surface area contributed by atoms with Gasteiger partial charge in [0, 0.05) is 13.1 Å². The van der Waals surface area contributed by atoms with Crippen LogP contribution in [0.4, 0.5) is 0 Å². The molecule has 0 aromatic heterocycles. The van der Waals surface area contributed by atoms with E-state index in [4.69, 9.17) is 28.3 Å². The summed E-state index contributed by atoms with van der Waals surface area (Å²) >= 11 is 11.8. The van der Waals surface area contributed by atoms with E-state index in [2.05, 4.69) is 0 Å². The summed E-state index contributed by atoms with van der Waals surface area (Å²) < 4.78 is 26.0. The van der Waals surface area contributed by atoms with E-state index < -0.39 is 10.0 Å². The Kier molecular flexibility index (Phi) is 5.88. The molecule has 1 aromatic rings. The van der Waals surface area contributed by atoms with Gasteiger partial charge >= 0.3 is 0 Å². The van der Waals surface area contributed by atoms with Crippen molar-refractivity contribution in [3.8, 4) is 0 Å². The van der Waals surface area contributed by atoms with Crippen LogP contribution in [0.3, 0.4) is 0 Å².